The van der Waals surface area contributed by atoms with Gasteiger partial charge in [0.25, 0.3) is 5.56 Å². The first kappa shape index (κ1) is 12.5. The third-order valence-electron chi connectivity index (χ3n) is 3.27. The van der Waals surface area contributed by atoms with E-state index in [9.17, 15) is 4.79 Å². The minimum absolute atomic E-state index is 0.00829. The molecule has 100 valence electrons. The van der Waals surface area contributed by atoms with Crippen LogP contribution < -0.4 is 5.56 Å². The molecule has 0 aliphatic heterocycles. The summed E-state index contributed by atoms with van der Waals surface area (Å²) in [5, 5.41) is 0.972. The molecule has 0 aromatic carbocycles. The van der Waals surface area contributed by atoms with Gasteiger partial charge < -0.3 is 0 Å². The lowest BCUT2D eigenvalue weighted by Gasteiger charge is -2.11. The minimum atomic E-state index is -0.00829. The van der Waals surface area contributed by atoms with Crippen molar-refractivity contribution in [2.75, 3.05) is 0 Å². The van der Waals surface area contributed by atoms with Gasteiger partial charge in [-0.3, -0.25) is 14.3 Å². The van der Waals surface area contributed by atoms with Gasteiger partial charge in [-0.05, 0) is 30.7 Å². The molecular weight excluding hydrogens is 250 g/mol. The van der Waals surface area contributed by atoms with Gasteiger partial charge in [-0.25, -0.2) is 4.98 Å². The Labute approximate surface area is 116 Å². The topological polar surface area (TPSA) is 47.8 Å². The van der Waals surface area contributed by atoms with Crippen LogP contribution >= 0.6 is 0 Å². The molecule has 0 N–H and O–H groups in total. The monoisotopic (exact) mass is 265 g/mol. The Balaban J connectivity index is 2.34. The maximum absolute atomic E-state index is 12.7. The minimum Gasteiger partial charge on any atom is -0.292 e. The van der Waals surface area contributed by atoms with E-state index in [0.717, 1.165) is 23.0 Å². The summed E-state index contributed by atoms with van der Waals surface area (Å²) in [5.41, 5.74) is 2.25. The fourth-order valence-electron chi connectivity index (χ4n) is 2.37. The second-order valence-corrected chi connectivity index (χ2v) is 4.67. The summed E-state index contributed by atoms with van der Waals surface area (Å²) >= 11 is 0. The molecule has 20 heavy (non-hydrogen) atoms. The second kappa shape index (κ2) is 5.25. The summed E-state index contributed by atoms with van der Waals surface area (Å²) in [6.45, 7) is 2.72. The maximum atomic E-state index is 12.7. The van der Waals surface area contributed by atoms with Gasteiger partial charge in [0, 0.05) is 41.6 Å². The molecular formula is C16H15N3O. The third-order valence-corrected chi connectivity index (χ3v) is 3.27. The number of hydrogen-bond donors (Lipinski definition) is 0. The Morgan fingerprint density at radius 3 is 2.80 bits per heavy atom. The Bertz CT molecular complexity index is 794. The average Bonchev–Trinajstić information content (AvgIpc) is 2.51. The molecule has 3 aromatic heterocycles. The van der Waals surface area contributed by atoms with Crippen molar-refractivity contribution in [2.45, 2.75) is 19.9 Å². The third kappa shape index (κ3) is 2.09. The molecule has 0 aliphatic carbocycles. The standard InChI is InChI=1S/C16H15N3O/c1-2-9-19-15-12(5-4-8-18-15)10-14(16(19)20)13-6-3-7-17-11-13/h3-8,10-11H,2,9H2,1H3. The van der Waals surface area contributed by atoms with Crippen molar-refractivity contribution in [2.24, 2.45) is 0 Å². The van der Waals surface area contributed by atoms with Crippen molar-refractivity contribution in [3.05, 3.63) is 59.3 Å². The molecule has 0 radical (unpaired) electrons. The summed E-state index contributed by atoms with van der Waals surface area (Å²) in [6, 6.07) is 9.51. The zero-order valence-corrected chi connectivity index (χ0v) is 11.3. The van der Waals surface area contributed by atoms with Crippen molar-refractivity contribution in [1.82, 2.24) is 14.5 Å². The van der Waals surface area contributed by atoms with Gasteiger partial charge in [0.2, 0.25) is 0 Å². The molecule has 3 heterocycles. The lowest BCUT2D eigenvalue weighted by Crippen LogP contribution is -2.22. The van der Waals surface area contributed by atoms with Gasteiger partial charge >= 0.3 is 0 Å². The molecule has 0 amide bonds. The number of nitrogens with zero attached hydrogens (tertiary/aromatic N) is 3. The van der Waals surface area contributed by atoms with Crippen molar-refractivity contribution in [1.29, 1.82) is 0 Å². The van der Waals surface area contributed by atoms with E-state index in [1.807, 2.05) is 30.3 Å². The predicted octanol–water partition coefficient (Wildman–Crippen LogP) is 2.87. The molecule has 0 saturated heterocycles. The van der Waals surface area contributed by atoms with Crippen LogP contribution in [-0.2, 0) is 6.54 Å². The highest BCUT2D eigenvalue weighted by molar-refractivity contribution is 5.81. The second-order valence-electron chi connectivity index (χ2n) is 4.67. The van der Waals surface area contributed by atoms with Crippen LogP contribution in [0.4, 0.5) is 0 Å². The summed E-state index contributed by atoms with van der Waals surface area (Å²) in [6.07, 6.45) is 6.03. The summed E-state index contributed by atoms with van der Waals surface area (Å²) in [5.74, 6) is 0. The van der Waals surface area contributed by atoms with Gasteiger partial charge in [-0.2, -0.15) is 0 Å². The normalized spacial score (nSPS) is 10.8. The van der Waals surface area contributed by atoms with Crippen LogP contribution in [0.25, 0.3) is 22.2 Å². The number of aryl methyl sites for hydroxylation is 1. The molecule has 0 fully saturated rings. The molecule has 0 bridgehead atoms. The zero-order valence-electron chi connectivity index (χ0n) is 11.3. The first-order valence-electron chi connectivity index (χ1n) is 6.70. The number of rotatable bonds is 3. The van der Waals surface area contributed by atoms with Crippen LogP contribution in [0.1, 0.15) is 13.3 Å². The van der Waals surface area contributed by atoms with Crippen LogP contribution in [-0.4, -0.2) is 14.5 Å². The first-order chi connectivity index (χ1) is 9.81. The molecule has 4 nitrogen and oxygen atoms in total. The van der Waals surface area contributed by atoms with E-state index in [-0.39, 0.29) is 5.56 Å². The quantitative estimate of drug-likeness (QED) is 0.731. The van der Waals surface area contributed by atoms with Crippen molar-refractivity contribution >= 4 is 11.0 Å². The van der Waals surface area contributed by atoms with Crippen molar-refractivity contribution < 1.29 is 0 Å². The SMILES string of the molecule is CCCn1c(=O)c(-c2cccnc2)cc2cccnc21. The molecule has 0 unspecified atom stereocenters. The van der Waals surface area contributed by atoms with Crippen LogP contribution in [0.3, 0.4) is 0 Å². The highest BCUT2D eigenvalue weighted by atomic mass is 16.1. The summed E-state index contributed by atoms with van der Waals surface area (Å²) in [4.78, 5) is 21.1. The first-order valence-corrected chi connectivity index (χ1v) is 6.70. The molecule has 0 atom stereocenters. The van der Waals surface area contributed by atoms with E-state index in [4.69, 9.17) is 0 Å². The molecule has 4 heteroatoms. The van der Waals surface area contributed by atoms with E-state index in [1.165, 1.54) is 0 Å². The number of aromatic nitrogens is 3. The fourth-order valence-corrected chi connectivity index (χ4v) is 2.37. The predicted molar refractivity (Wildman–Crippen MR) is 79.5 cm³/mol. The summed E-state index contributed by atoms with van der Waals surface area (Å²) < 4.78 is 1.75. The van der Waals surface area contributed by atoms with Crippen molar-refractivity contribution in [3.63, 3.8) is 0 Å². The molecule has 0 aliphatic rings. The molecule has 0 saturated carbocycles. The summed E-state index contributed by atoms with van der Waals surface area (Å²) in [7, 11) is 0. The largest absolute Gasteiger partial charge is 0.292 e. The van der Waals surface area contributed by atoms with Crippen molar-refractivity contribution in [3.8, 4) is 11.1 Å². The zero-order chi connectivity index (χ0) is 13.9. The highest BCUT2D eigenvalue weighted by Crippen LogP contribution is 2.19. The van der Waals surface area contributed by atoms with Crippen LogP contribution in [0.15, 0.2) is 53.7 Å². The Hall–Kier alpha value is -2.49. The van der Waals surface area contributed by atoms with Gasteiger partial charge in [0.1, 0.15) is 5.65 Å². The maximum Gasteiger partial charge on any atom is 0.260 e. The van der Waals surface area contributed by atoms with Gasteiger partial charge in [-0.15, -0.1) is 0 Å². The van der Waals surface area contributed by atoms with Gasteiger partial charge in [0.05, 0.1) is 0 Å². The lowest BCUT2D eigenvalue weighted by molar-refractivity contribution is 0.673. The number of fused-ring (bicyclic) bond motifs is 1. The molecule has 0 spiro atoms. The number of pyridine rings is 3. The Kier molecular flexibility index (Phi) is 3.29. The van der Waals surface area contributed by atoms with Gasteiger partial charge in [-0.1, -0.05) is 13.0 Å². The van der Waals surface area contributed by atoms with E-state index in [0.29, 0.717) is 12.1 Å². The fraction of sp³-hybridized carbons (Fsp3) is 0.188. The average molecular weight is 265 g/mol. The Morgan fingerprint density at radius 2 is 2.05 bits per heavy atom. The van der Waals surface area contributed by atoms with E-state index in [1.54, 1.807) is 23.2 Å². The van der Waals surface area contributed by atoms with E-state index >= 15 is 0 Å². The Morgan fingerprint density at radius 1 is 1.20 bits per heavy atom. The van der Waals surface area contributed by atoms with Crippen LogP contribution in [0, 0.1) is 0 Å². The molecule has 3 aromatic rings. The highest BCUT2D eigenvalue weighted by Gasteiger charge is 2.11. The molecule has 3 rings (SSSR count). The lowest BCUT2D eigenvalue weighted by atomic mass is 10.1. The van der Waals surface area contributed by atoms with Crippen LogP contribution in [0.2, 0.25) is 0 Å². The van der Waals surface area contributed by atoms with E-state index in [2.05, 4.69) is 16.9 Å². The smallest absolute Gasteiger partial charge is 0.260 e. The van der Waals surface area contributed by atoms with Gasteiger partial charge in [0.15, 0.2) is 0 Å². The van der Waals surface area contributed by atoms with E-state index < -0.39 is 0 Å². The number of hydrogen-bond acceptors (Lipinski definition) is 3. The van der Waals surface area contributed by atoms with Crippen LogP contribution in [0.5, 0.6) is 0 Å².